The summed E-state index contributed by atoms with van der Waals surface area (Å²) in [4.78, 5) is 2.41. The Balaban J connectivity index is 0.943. The van der Waals surface area contributed by atoms with Gasteiger partial charge in [-0.25, -0.2) is 0 Å². The zero-order valence-corrected chi connectivity index (χ0v) is 35.3. The Labute approximate surface area is 368 Å². The predicted octanol–water partition coefficient (Wildman–Crippen LogP) is 16.7. The van der Waals surface area contributed by atoms with E-state index in [-0.39, 0.29) is 5.41 Å². The SMILES string of the molecule is CC1(C)c2cc(N(c3ccc(-c4ccc(-c5ccccc5)cc4)cc3)c3ccc(-c4cccc5ccccc45)cc3)ccc2-c2ccc(-n3c4ccccc4c4ccccc43)cc21. The summed E-state index contributed by atoms with van der Waals surface area (Å²) in [5.41, 5.74) is 19.3. The Kier molecular flexibility index (Phi) is 8.55. The molecular formula is C61H44N2. The van der Waals surface area contributed by atoms with Crippen LogP contribution in [-0.4, -0.2) is 4.57 Å². The average Bonchev–Trinajstić information content (AvgIpc) is 3.80. The van der Waals surface area contributed by atoms with Crippen LogP contribution in [0.3, 0.4) is 0 Å². The van der Waals surface area contributed by atoms with Gasteiger partial charge < -0.3 is 9.47 Å². The summed E-state index contributed by atoms with van der Waals surface area (Å²) >= 11 is 0. The minimum Gasteiger partial charge on any atom is -0.310 e. The van der Waals surface area contributed by atoms with Gasteiger partial charge in [0, 0.05) is 38.9 Å². The van der Waals surface area contributed by atoms with E-state index >= 15 is 0 Å². The van der Waals surface area contributed by atoms with E-state index < -0.39 is 0 Å². The third kappa shape index (κ3) is 6.09. The molecule has 12 rings (SSSR count). The fourth-order valence-corrected chi connectivity index (χ4v) is 10.2. The molecule has 1 aliphatic carbocycles. The maximum absolute atomic E-state index is 2.43. The molecule has 0 aliphatic heterocycles. The topological polar surface area (TPSA) is 8.17 Å². The van der Waals surface area contributed by atoms with Crippen molar-refractivity contribution in [3.63, 3.8) is 0 Å². The summed E-state index contributed by atoms with van der Waals surface area (Å²) in [6, 6.07) is 84.5. The number of fused-ring (bicyclic) bond motifs is 7. The second-order valence-corrected chi connectivity index (χ2v) is 17.4. The van der Waals surface area contributed by atoms with Crippen molar-refractivity contribution in [2.24, 2.45) is 0 Å². The van der Waals surface area contributed by atoms with E-state index in [2.05, 4.69) is 254 Å². The molecule has 1 aromatic heterocycles. The average molecular weight is 805 g/mol. The van der Waals surface area contributed by atoms with E-state index in [0.29, 0.717) is 0 Å². The van der Waals surface area contributed by atoms with Crippen molar-refractivity contribution in [3.8, 4) is 50.2 Å². The number of para-hydroxylation sites is 2. The largest absolute Gasteiger partial charge is 0.310 e. The molecule has 11 aromatic rings. The van der Waals surface area contributed by atoms with Crippen molar-refractivity contribution in [1.29, 1.82) is 0 Å². The van der Waals surface area contributed by atoms with Crippen LogP contribution in [0.15, 0.2) is 231 Å². The molecule has 63 heavy (non-hydrogen) atoms. The molecule has 0 bridgehead atoms. The van der Waals surface area contributed by atoms with Crippen LogP contribution in [0.25, 0.3) is 82.8 Å². The van der Waals surface area contributed by atoms with Crippen LogP contribution in [-0.2, 0) is 5.41 Å². The Bertz CT molecular complexity index is 3440. The molecular weight excluding hydrogens is 761 g/mol. The molecule has 0 unspecified atom stereocenters. The summed E-state index contributed by atoms with van der Waals surface area (Å²) in [6.07, 6.45) is 0. The number of hydrogen-bond acceptors (Lipinski definition) is 1. The van der Waals surface area contributed by atoms with Crippen LogP contribution in [0.2, 0.25) is 0 Å². The normalized spacial score (nSPS) is 12.7. The second kappa shape index (κ2) is 14.6. The number of hydrogen-bond donors (Lipinski definition) is 0. The molecule has 298 valence electrons. The highest BCUT2D eigenvalue weighted by Gasteiger charge is 2.36. The third-order valence-corrected chi connectivity index (χ3v) is 13.4. The van der Waals surface area contributed by atoms with E-state index in [1.807, 2.05) is 0 Å². The smallest absolute Gasteiger partial charge is 0.0541 e. The summed E-state index contributed by atoms with van der Waals surface area (Å²) < 4.78 is 2.43. The van der Waals surface area contributed by atoms with Gasteiger partial charge in [-0.3, -0.25) is 0 Å². The van der Waals surface area contributed by atoms with Crippen molar-refractivity contribution in [2.45, 2.75) is 19.3 Å². The monoisotopic (exact) mass is 804 g/mol. The minimum atomic E-state index is -0.227. The molecule has 0 amide bonds. The second-order valence-electron chi connectivity index (χ2n) is 17.4. The van der Waals surface area contributed by atoms with Crippen molar-refractivity contribution in [1.82, 2.24) is 4.57 Å². The molecule has 2 heteroatoms. The summed E-state index contributed by atoms with van der Waals surface area (Å²) in [6.45, 7) is 4.77. The first-order valence-corrected chi connectivity index (χ1v) is 21.9. The molecule has 0 N–H and O–H groups in total. The lowest BCUT2D eigenvalue weighted by Gasteiger charge is -2.28. The molecule has 0 radical (unpaired) electrons. The van der Waals surface area contributed by atoms with Crippen molar-refractivity contribution >= 4 is 49.6 Å². The van der Waals surface area contributed by atoms with Crippen molar-refractivity contribution in [3.05, 3.63) is 242 Å². The maximum Gasteiger partial charge on any atom is 0.0541 e. The van der Waals surface area contributed by atoms with Crippen LogP contribution in [0.1, 0.15) is 25.0 Å². The highest BCUT2D eigenvalue weighted by molar-refractivity contribution is 6.09. The third-order valence-electron chi connectivity index (χ3n) is 13.4. The van der Waals surface area contributed by atoms with Gasteiger partial charge in [0.25, 0.3) is 0 Å². The lowest BCUT2D eigenvalue weighted by molar-refractivity contribution is 0.660. The molecule has 0 fully saturated rings. The number of nitrogens with zero attached hydrogens (tertiary/aromatic N) is 2. The number of benzene rings is 10. The predicted molar refractivity (Wildman–Crippen MR) is 267 cm³/mol. The minimum absolute atomic E-state index is 0.227. The van der Waals surface area contributed by atoms with Crippen LogP contribution in [0.4, 0.5) is 17.1 Å². The quantitative estimate of drug-likeness (QED) is 0.156. The van der Waals surface area contributed by atoms with Crippen LogP contribution in [0.5, 0.6) is 0 Å². The fourth-order valence-electron chi connectivity index (χ4n) is 10.2. The van der Waals surface area contributed by atoms with Crippen molar-refractivity contribution in [2.75, 3.05) is 4.90 Å². The molecule has 1 aliphatic rings. The molecule has 1 heterocycles. The van der Waals surface area contributed by atoms with Gasteiger partial charge in [-0.05, 0) is 127 Å². The van der Waals surface area contributed by atoms with E-state index in [9.17, 15) is 0 Å². The molecule has 2 nitrogen and oxygen atoms in total. The Morgan fingerprint density at radius 2 is 0.794 bits per heavy atom. The number of anilines is 3. The summed E-state index contributed by atoms with van der Waals surface area (Å²) in [5.74, 6) is 0. The highest BCUT2D eigenvalue weighted by Crippen LogP contribution is 2.52. The first-order chi connectivity index (χ1) is 31.0. The molecule has 0 spiro atoms. The molecule has 0 saturated carbocycles. The van der Waals surface area contributed by atoms with Crippen LogP contribution < -0.4 is 4.90 Å². The van der Waals surface area contributed by atoms with Crippen molar-refractivity contribution < 1.29 is 0 Å². The Hall–Kier alpha value is -7.94. The Morgan fingerprint density at radius 3 is 1.43 bits per heavy atom. The van der Waals surface area contributed by atoms with Crippen LogP contribution in [0, 0.1) is 0 Å². The summed E-state index contributed by atoms with van der Waals surface area (Å²) in [7, 11) is 0. The number of rotatable bonds is 7. The standard InChI is InChI=1S/C61H44N2/c1-61(2)57-39-49(35-37-53(57)54-38-36-50(40-58(54)61)63-59-21-10-8-18-55(59)56-19-9-11-22-60(56)63)62(48-33-29-46(30-34-48)52-20-12-16-45-15-6-7-17-51(45)52)47-31-27-44(28-32-47)43-25-23-42(24-26-43)41-13-4-3-5-14-41/h3-40H,1-2H3. The van der Waals surface area contributed by atoms with Gasteiger partial charge in [-0.2, -0.15) is 0 Å². The van der Waals surface area contributed by atoms with E-state index in [1.54, 1.807) is 0 Å². The first-order valence-electron chi connectivity index (χ1n) is 21.9. The number of aromatic nitrogens is 1. The first kappa shape index (κ1) is 36.9. The summed E-state index contributed by atoms with van der Waals surface area (Å²) in [5, 5.41) is 5.07. The zero-order chi connectivity index (χ0) is 42.1. The van der Waals surface area contributed by atoms with Gasteiger partial charge in [-0.15, -0.1) is 0 Å². The van der Waals surface area contributed by atoms with E-state index in [1.165, 1.54) is 93.9 Å². The van der Waals surface area contributed by atoms with E-state index in [0.717, 1.165) is 17.1 Å². The van der Waals surface area contributed by atoms with Gasteiger partial charge in [0.2, 0.25) is 0 Å². The van der Waals surface area contributed by atoms with Gasteiger partial charge in [0.15, 0.2) is 0 Å². The lowest BCUT2D eigenvalue weighted by atomic mass is 9.82. The maximum atomic E-state index is 2.43. The fraction of sp³-hybridized carbons (Fsp3) is 0.0492. The molecule has 0 saturated heterocycles. The zero-order valence-electron chi connectivity index (χ0n) is 35.3. The van der Waals surface area contributed by atoms with Gasteiger partial charge in [-0.1, -0.05) is 184 Å². The van der Waals surface area contributed by atoms with E-state index in [4.69, 9.17) is 0 Å². The van der Waals surface area contributed by atoms with Gasteiger partial charge >= 0.3 is 0 Å². The van der Waals surface area contributed by atoms with Crippen LogP contribution >= 0.6 is 0 Å². The Morgan fingerprint density at radius 1 is 0.333 bits per heavy atom. The molecule has 0 atom stereocenters. The highest BCUT2D eigenvalue weighted by atomic mass is 15.1. The molecule has 10 aromatic carbocycles. The van der Waals surface area contributed by atoms with Gasteiger partial charge in [0.05, 0.1) is 11.0 Å². The van der Waals surface area contributed by atoms with Gasteiger partial charge in [0.1, 0.15) is 0 Å². The lowest BCUT2D eigenvalue weighted by Crippen LogP contribution is -2.17.